The zero-order valence-electron chi connectivity index (χ0n) is 12.6. The third kappa shape index (κ3) is 3.75. The van der Waals surface area contributed by atoms with E-state index in [9.17, 15) is 14.0 Å². The van der Waals surface area contributed by atoms with Crippen molar-refractivity contribution >= 4 is 17.2 Å². The molecule has 1 aromatic carbocycles. The molecule has 0 aliphatic carbocycles. The molecular weight excluding hydrogens is 329 g/mol. The molecule has 1 N–H and O–H groups in total. The Hall–Kier alpha value is -2.80. The van der Waals surface area contributed by atoms with Crippen molar-refractivity contribution in [1.29, 1.82) is 0 Å². The molecule has 0 saturated heterocycles. The minimum atomic E-state index is -0.406. The smallest absolute Gasteiger partial charge is 0.267 e. The third-order valence-electron chi connectivity index (χ3n) is 3.37. The number of nitrogens with zero attached hydrogens (tertiary/aromatic N) is 2. The number of hydrogen-bond donors (Lipinski definition) is 1. The summed E-state index contributed by atoms with van der Waals surface area (Å²) < 4.78 is 14.6. The van der Waals surface area contributed by atoms with E-state index in [0.717, 1.165) is 9.56 Å². The lowest BCUT2D eigenvalue weighted by molar-refractivity contribution is -0.122. The van der Waals surface area contributed by atoms with Gasteiger partial charge in [-0.25, -0.2) is 9.07 Å². The van der Waals surface area contributed by atoms with Crippen LogP contribution >= 0.6 is 11.3 Å². The summed E-state index contributed by atoms with van der Waals surface area (Å²) in [6.45, 7) is -0.155. The lowest BCUT2D eigenvalue weighted by Gasteiger charge is -2.08. The molecule has 5 nitrogen and oxygen atoms in total. The molecular formula is C17H14FN3O2S. The van der Waals surface area contributed by atoms with Gasteiger partial charge in [-0.05, 0) is 23.6 Å². The average Bonchev–Trinajstić information content (AvgIpc) is 3.11. The Morgan fingerprint density at radius 3 is 2.75 bits per heavy atom. The van der Waals surface area contributed by atoms with Gasteiger partial charge in [-0.15, -0.1) is 11.3 Å². The van der Waals surface area contributed by atoms with E-state index in [-0.39, 0.29) is 24.5 Å². The molecule has 0 bridgehead atoms. The molecule has 2 aromatic heterocycles. The minimum absolute atomic E-state index is 0.0604. The summed E-state index contributed by atoms with van der Waals surface area (Å²) in [5, 5.41) is 8.71. The fraction of sp³-hybridized carbons (Fsp3) is 0.118. The van der Waals surface area contributed by atoms with Gasteiger partial charge in [-0.1, -0.05) is 24.3 Å². The largest absolute Gasteiger partial charge is 0.350 e. The minimum Gasteiger partial charge on any atom is -0.350 e. The number of nitrogens with one attached hydrogen (secondary N) is 1. The second-order valence-corrected chi connectivity index (χ2v) is 6.01. The van der Waals surface area contributed by atoms with Crippen LogP contribution in [0.5, 0.6) is 0 Å². The van der Waals surface area contributed by atoms with Gasteiger partial charge >= 0.3 is 0 Å². The summed E-state index contributed by atoms with van der Waals surface area (Å²) in [5.74, 6) is -0.788. The highest BCUT2D eigenvalue weighted by Gasteiger charge is 2.09. The molecule has 1 amide bonds. The highest BCUT2D eigenvalue weighted by Crippen LogP contribution is 2.20. The fourth-order valence-electron chi connectivity index (χ4n) is 2.15. The van der Waals surface area contributed by atoms with E-state index >= 15 is 0 Å². The molecule has 0 atom stereocenters. The maximum absolute atomic E-state index is 13.5. The van der Waals surface area contributed by atoms with Crippen LogP contribution in [0.15, 0.2) is 58.7 Å². The van der Waals surface area contributed by atoms with E-state index in [4.69, 9.17) is 0 Å². The van der Waals surface area contributed by atoms with Crippen LogP contribution in [-0.2, 0) is 17.9 Å². The van der Waals surface area contributed by atoms with E-state index in [1.807, 2.05) is 17.5 Å². The van der Waals surface area contributed by atoms with Crippen molar-refractivity contribution in [3.05, 3.63) is 75.6 Å². The van der Waals surface area contributed by atoms with Crippen molar-refractivity contribution in [1.82, 2.24) is 15.1 Å². The summed E-state index contributed by atoms with van der Waals surface area (Å²) in [6.07, 6.45) is 0. The summed E-state index contributed by atoms with van der Waals surface area (Å²) in [6, 6.07) is 13.0. The molecule has 0 radical (unpaired) electrons. The molecule has 0 fully saturated rings. The molecule has 122 valence electrons. The summed E-state index contributed by atoms with van der Waals surface area (Å²) in [5.41, 5.74) is 0.654. The Balaban J connectivity index is 1.69. The van der Waals surface area contributed by atoms with E-state index in [0.29, 0.717) is 11.3 Å². The normalized spacial score (nSPS) is 10.5. The number of amides is 1. The van der Waals surface area contributed by atoms with Gasteiger partial charge in [0.2, 0.25) is 5.91 Å². The standard InChI is InChI=1S/C17H14FN3O2S/c18-13-5-2-1-4-12(13)10-19-16(22)11-21-17(23)8-7-14(20-21)15-6-3-9-24-15/h1-9H,10-11H2,(H,19,22). The van der Waals surface area contributed by atoms with Crippen LogP contribution in [-0.4, -0.2) is 15.7 Å². The highest BCUT2D eigenvalue weighted by atomic mass is 32.1. The predicted octanol–water partition coefficient (Wildman–Crippen LogP) is 2.43. The number of aromatic nitrogens is 2. The first kappa shape index (κ1) is 16.1. The van der Waals surface area contributed by atoms with Crippen LogP contribution in [0.25, 0.3) is 10.6 Å². The second-order valence-electron chi connectivity index (χ2n) is 5.06. The van der Waals surface area contributed by atoms with Gasteiger partial charge in [-0.3, -0.25) is 9.59 Å². The predicted molar refractivity (Wildman–Crippen MR) is 90.1 cm³/mol. The molecule has 3 rings (SSSR count). The van der Waals surface area contributed by atoms with Gasteiger partial charge in [0.05, 0.1) is 4.88 Å². The monoisotopic (exact) mass is 343 g/mol. The fourth-order valence-corrected chi connectivity index (χ4v) is 2.84. The van der Waals surface area contributed by atoms with E-state index in [2.05, 4.69) is 10.4 Å². The van der Waals surface area contributed by atoms with Gasteiger partial charge in [-0.2, -0.15) is 5.10 Å². The quantitative estimate of drug-likeness (QED) is 0.774. The number of thiophene rings is 1. The number of halogens is 1. The van der Waals surface area contributed by atoms with Crippen molar-refractivity contribution in [2.24, 2.45) is 0 Å². The first-order valence-electron chi connectivity index (χ1n) is 7.25. The zero-order chi connectivity index (χ0) is 16.9. The van der Waals surface area contributed by atoms with Crippen molar-refractivity contribution in [2.45, 2.75) is 13.1 Å². The highest BCUT2D eigenvalue weighted by molar-refractivity contribution is 7.13. The number of carbonyl (C=O) groups excluding carboxylic acids is 1. The lowest BCUT2D eigenvalue weighted by Crippen LogP contribution is -2.33. The Morgan fingerprint density at radius 2 is 2.00 bits per heavy atom. The molecule has 0 aliphatic heterocycles. The van der Waals surface area contributed by atoms with Crippen molar-refractivity contribution in [2.75, 3.05) is 0 Å². The molecule has 7 heteroatoms. The molecule has 0 unspecified atom stereocenters. The SMILES string of the molecule is O=C(Cn1nc(-c2cccs2)ccc1=O)NCc1ccccc1F. The molecule has 3 aromatic rings. The van der Waals surface area contributed by atoms with E-state index in [1.54, 1.807) is 24.3 Å². The molecule has 0 saturated carbocycles. The zero-order valence-corrected chi connectivity index (χ0v) is 13.4. The number of carbonyl (C=O) groups is 1. The third-order valence-corrected chi connectivity index (χ3v) is 4.26. The molecule has 2 heterocycles. The topological polar surface area (TPSA) is 64.0 Å². The van der Waals surface area contributed by atoms with Crippen LogP contribution in [0.3, 0.4) is 0 Å². The number of benzene rings is 1. The molecule has 0 aliphatic rings. The Morgan fingerprint density at radius 1 is 1.17 bits per heavy atom. The van der Waals surface area contributed by atoms with Gasteiger partial charge in [0.15, 0.2) is 0 Å². The average molecular weight is 343 g/mol. The van der Waals surface area contributed by atoms with Crippen molar-refractivity contribution in [3.63, 3.8) is 0 Å². The van der Waals surface area contributed by atoms with Crippen LogP contribution in [0, 0.1) is 5.82 Å². The van der Waals surface area contributed by atoms with Crippen LogP contribution in [0.4, 0.5) is 4.39 Å². The van der Waals surface area contributed by atoms with Crippen LogP contribution < -0.4 is 10.9 Å². The van der Waals surface area contributed by atoms with E-state index < -0.39 is 5.91 Å². The van der Waals surface area contributed by atoms with Crippen molar-refractivity contribution < 1.29 is 9.18 Å². The molecule has 0 spiro atoms. The van der Waals surface area contributed by atoms with Gasteiger partial charge in [0, 0.05) is 18.2 Å². The van der Waals surface area contributed by atoms with Gasteiger partial charge in [0.1, 0.15) is 18.1 Å². The summed E-state index contributed by atoms with van der Waals surface area (Å²) in [7, 11) is 0. The summed E-state index contributed by atoms with van der Waals surface area (Å²) in [4.78, 5) is 24.8. The Kier molecular flexibility index (Phi) is 4.81. The van der Waals surface area contributed by atoms with Crippen molar-refractivity contribution in [3.8, 4) is 10.6 Å². The Labute approximate surface area is 141 Å². The number of rotatable bonds is 5. The number of hydrogen-bond acceptors (Lipinski definition) is 4. The maximum Gasteiger partial charge on any atom is 0.267 e. The van der Waals surface area contributed by atoms with Gasteiger partial charge in [0.25, 0.3) is 5.56 Å². The van der Waals surface area contributed by atoms with E-state index in [1.165, 1.54) is 23.5 Å². The first-order chi connectivity index (χ1) is 11.6. The summed E-state index contributed by atoms with van der Waals surface area (Å²) >= 11 is 1.50. The first-order valence-corrected chi connectivity index (χ1v) is 8.13. The maximum atomic E-state index is 13.5. The Bertz CT molecular complexity index is 906. The molecule has 24 heavy (non-hydrogen) atoms. The van der Waals surface area contributed by atoms with Crippen LogP contribution in [0.2, 0.25) is 0 Å². The second kappa shape index (κ2) is 7.18. The van der Waals surface area contributed by atoms with Gasteiger partial charge < -0.3 is 5.32 Å². The lowest BCUT2D eigenvalue weighted by atomic mass is 10.2. The van der Waals surface area contributed by atoms with Crippen LogP contribution in [0.1, 0.15) is 5.56 Å².